The number of oxime groups is 1. The largest absolute Gasteiger partial charge is 0.409 e. The molecule has 0 aliphatic rings. The lowest BCUT2D eigenvalue weighted by atomic mass is 10.1. The molecule has 2 aromatic heterocycles. The van der Waals surface area contributed by atoms with Gasteiger partial charge in [0, 0.05) is 18.2 Å². The molecular weight excluding hydrogens is 192 g/mol. The van der Waals surface area contributed by atoms with E-state index >= 15 is 0 Å². The molecule has 0 saturated carbocycles. The molecule has 0 aliphatic heterocycles. The molecule has 0 atom stereocenters. The molecule has 0 aliphatic carbocycles. The minimum Gasteiger partial charge on any atom is -0.409 e. The fourth-order valence-electron chi connectivity index (χ4n) is 1.65. The normalized spacial score (nSPS) is 12.2. The third-order valence-corrected chi connectivity index (χ3v) is 2.32. The fourth-order valence-corrected chi connectivity index (χ4v) is 1.65. The fraction of sp³-hybridized carbons (Fsp3) is 0.200. The summed E-state index contributed by atoms with van der Waals surface area (Å²) in [5.74, 6) is 0.188. The van der Waals surface area contributed by atoms with Gasteiger partial charge >= 0.3 is 0 Å². The van der Waals surface area contributed by atoms with Gasteiger partial charge in [-0.25, -0.2) is 4.52 Å². The smallest absolute Gasteiger partial charge is 0.143 e. The molecule has 2 aromatic rings. The predicted molar refractivity (Wildman–Crippen MR) is 57.0 cm³/mol. The van der Waals surface area contributed by atoms with Crippen LogP contribution in [0, 0.1) is 6.92 Å². The zero-order valence-corrected chi connectivity index (χ0v) is 8.38. The van der Waals surface area contributed by atoms with Gasteiger partial charge in [0.15, 0.2) is 0 Å². The van der Waals surface area contributed by atoms with Gasteiger partial charge in [-0.05, 0) is 18.6 Å². The van der Waals surface area contributed by atoms with Gasteiger partial charge in [-0.2, -0.15) is 5.10 Å². The van der Waals surface area contributed by atoms with E-state index in [0.717, 1.165) is 16.6 Å². The summed E-state index contributed by atoms with van der Waals surface area (Å²) in [6, 6.07) is 3.94. The van der Waals surface area contributed by atoms with E-state index in [9.17, 15) is 0 Å². The van der Waals surface area contributed by atoms with Crippen LogP contribution in [0.4, 0.5) is 0 Å². The van der Waals surface area contributed by atoms with E-state index in [0.29, 0.717) is 6.42 Å². The first-order chi connectivity index (χ1) is 7.22. The van der Waals surface area contributed by atoms with Crippen LogP contribution in [0.2, 0.25) is 0 Å². The maximum atomic E-state index is 8.51. The van der Waals surface area contributed by atoms with Crippen molar-refractivity contribution in [3.63, 3.8) is 0 Å². The van der Waals surface area contributed by atoms with Crippen LogP contribution in [0.1, 0.15) is 11.1 Å². The van der Waals surface area contributed by atoms with Gasteiger partial charge in [0.2, 0.25) is 0 Å². The quantitative estimate of drug-likeness (QED) is 0.331. The standard InChI is InChI=1S/C10H12N4O/c1-7-3-2-4-14-10(7)8(6-12-14)5-9(11)13-15/h2-4,6,15H,5H2,1H3,(H2,11,13). The number of rotatable bonds is 2. The lowest BCUT2D eigenvalue weighted by Gasteiger charge is -2.00. The molecule has 0 radical (unpaired) electrons. The van der Waals surface area contributed by atoms with E-state index in [2.05, 4.69) is 10.3 Å². The van der Waals surface area contributed by atoms with Crippen molar-refractivity contribution in [1.29, 1.82) is 0 Å². The molecule has 3 N–H and O–H groups in total. The highest BCUT2D eigenvalue weighted by Crippen LogP contribution is 2.15. The lowest BCUT2D eigenvalue weighted by Crippen LogP contribution is -2.14. The molecule has 5 nitrogen and oxygen atoms in total. The van der Waals surface area contributed by atoms with Crippen molar-refractivity contribution < 1.29 is 5.21 Å². The number of aromatic nitrogens is 2. The third-order valence-electron chi connectivity index (χ3n) is 2.32. The predicted octanol–water partition coefficient (Wildman–Crippen LogP) is 0.932. The molecule has 78 valence electrons. The Morgan fingerprint density at radius 2 is 2.47 bits per heavy atom. The number of fused-ring (bicyclic) bond motifs is 1. The Kier molecular flexibility index (Phi) is 2.29. The summed E-state index contributed by atoms with van der Waals surface area (Å²) in [6.45, 7) is 2.01. The van der Waals surface area contributed by atoms with Gasteiger partial charge in [0.25, 0.3) is 0 Å². The second-order valence-electron chi connectivity index (χ2n) is 3.42. The van der Waals surface area contributed by atoms with Crippen molar-refractivity contribution in [2.45, 2.75) is 13.3 Å². The van der Waals surface area contributed by atoms with E-state index in [4.69, 9.17) is 10.9 Å². The van der Waals surface area contributed by atoms with Gasteiger partial charge in [-0.1, -0.05) is 11.2 Å². The molecule has 0 bridgehead atoms. The van der Waals surface area contributed by atoms with Gasteiger partial charge in [-0.3, -0.25) is 0 Å². The summed E-state index contributed by atoms with van der Waals surface area (Å²) in [6.07, 6.45) is 4.02. The maximum Gasteiger partial charge on any atom is 0.143 e. The van der Waals surface area contributed by atoms with Gasteiger partial charge in [-0.15, -0.1) is 0 Å². The first-order valence-corrected chi connectivity index (χ1v) is 4.60. The molecule has 0 amide bonds. The molecule has 0 saturated heterocycles. The van der Waals surface area contributed by atoms with Gasteiger partial charge in [0.05, 0.1) is 11.7 Å². The van der Waals surface area contributed by atoms with Gasteiger partial charge in [0.1, 0.15) is 5.84 Å². The van der Waals surface area contributed by atoms with Crippen LogP contribution >= 0.6 is 0 Å². The van der Waals surface area contributed by atoms with Crippen molar-refractivity contribution in [2.24, 2.45) is 10.9 Å². The van der Waals surface area contributed by atoms with E-state index in [1.165, 1.54) is 0 Å². The third kappa shape index (κ3) is 1.63. The van der Waals surface area contributed by atoms with Crippen molar-refractivity contribution >= 4 is 11.4 Å². The zero-order valence-electron chi connectivity index (χ0n) is 8.38. The van der Waals surface area contributed by atoms with Crippen LogP contribution in [-0.4, -0.2) is 20.7 Å². The van der Waals surface area contributed by atoms with Crippen molar-refractivity contribution in [3.8, 4) is 0 Å². The Bertz CT molecular complexity index is 515. The van der Waals surface area contributed by atoms with Crippen LogP contribution in [0.25, 0.3) is 5.52 Å². The lowest BCUT2D eigenvalue weighted by molar-refractivity contribution is 0.317. The van der Waals surface area contributed by atoms with Crippen LogP contribution in [0.3, 0.4) is 0 Å². The second-order valence-corrected chi connectivity index (χ2v) is 3.42. The van der Waals surface area contributed by atoms with E-state index in [1.807, 2.05) is 25.3 Å². The average Bonchev–Trinajstić information content (AvgIpc) is 2.63. The number of nitrogens with zero attached hydrogens (tertiary/aromatic N) is 3. The molecule has 5 heteroatoms. The van der Waals surface area contributed by atoms with Crippen LogP contribution in [-0.2, 0) is 6.42 Å². The zero-order chi connectivity index (χ0) is 10.8. The molecule has 2 rings (SSSR count). The highest BCUT2D eigenvalue weighted by atomic mass is 16.4. The van der Waals surface area contributed by atoms with E-state index < -0.39 is 0 Å². The van der Waals surface area contributed by atoms with Crippen molar-refractivity contribution in [1.82, 2.24) is 9.61 Å². The molecule has 0 fully saturated rings. The number of hydrogen-bond acceptors (Lipinski definition) is 3. The second kappa shape index (κ2) is 3.61. The Balaban J connectivity index is 2.53. The number of amidine groups is 1. The summed E-state index contributed by atoms with van der Waals surface area (Å²) in [5, 5.41) is 15.7. The Morgan fingerprint density at radius 3 is 3.20 bits per heavy atom. The molecule has 0 unspecified atom stereocenters. The Labute approximate surface area is 86.8 Å². The summed E-state index contributed by atoms with van der Waals surface area (Å²) >= 11 is 0. The first kappa shape index (κ1) is 9.51. The summed E-state index contributed by atoms with van der Waals surface area (Å²) in [4.78, 5) is 0. The molecule has 15 heavy (non-hydrogen) atoms. The first-order valence-electron chi connectivity index (χ1n) is 4.60. The molecule has 2 heterocycles. The maximum absolute atomic E-state index is 8.51. The summed E-state index contributed by atoms with van der Waals surface area (Å²) in [5.41, 5.74) is 8.57. The van der Waals surface area contributed by atoms with E-state index in [1.54, 1.807) is 10.7 Å². The number of aryl methyl sites for hydroxylation is 1. The Hall–Kier alpha value is -2.04. The summed E-state index contributed by atoms with van der Waals surface area (Å²) < 4.78 is 1.79. The molecule has 0 spiro atoms. The van der Waals surface area contributed by atoms with Crippen LogP contribution < -0.4 is 5.73 Å². The van der Waals surface area contributed by atoms with Crippen molar-refractivity contribution in [3.05, 3.63) is 35.7 Å². The SMILES string of the molecule is Cc1cccn2ncc(C/C(N)=N/O)c12. The molecule has 0 aromatic carbocycles. The number of nitrogens with two attached hydrogens (primary N) is 1. The number of pyridine rings is 1. The van der Waals surface area contributed by atoms with Crippen LogP contribution in [0.15, 0.2) is 29.7 Å². The average molecular weight is 204 g/mol. The van der Waals surface area contributed by atoms with Crippen LogP contribution in [0.5, 0.6) is 0 Å². The van der Waals surface area contributed by atoms with Crippen molar-refractivity contribution in [2.75, 3.05) is 0 Å². The Morgan fingerprint density at radius 1 is 1.67 bits per heavy atom. The highest BCUT2D eigenvalue weighted by molar-refractivity contribution is 5.84. The number of hydrogen-bond donors (Lipinski definition) is 2. The highest BCUT2D eigenvalue weighted by Gasteiger charge is 2.07. The monoisotopic (exact) mass is 204 g/mol. The molecular formula is C10H12N4O. The van der Waals surface area contributed by atoms with E-state index in [-0.39, 0.29) is 5.84 Å². The van der Waals surface area contributed by atoms with Gasteiger partial charge < -0.3 is 10.9 Å². The minimum atomic E-state index is 0.188. The summed E-state index contributed by atoms with van der Waals surface area (Å²) in [7, 11) is 0. The topological polar surface area (TPSA) is 75.9 Å². The minimum absolute atomic E-state index is 0.188.